The Morgan fingerprint density at radius 2 is 1.60 bits per heavy atom. The van der Waals surface area contributed by atoms with Crippen LogP contribution in [0.5, 0.6) is 5.75 Å². The minimum absolute atomic E-state index is 0.0522. The zero-order valence-corrected chi connectivity index (χ0v) is 17.0. The Morgan fingerprint density at radius 3 is 2.20 bits per heavy atom. The number of hydrogen-bond acceptors (Lipinski definition) is 4. The molecule has 8 heteroatoms. The molecule has 0 aliphatic heterocycles. The minimum atomic E-state index is -2.89. The molecule has 2 aromatic carbocycles. The van der Waals surface area contributed by atoms with Crippen LogP contribution in [-0.4, -0.2) is 31.6 Å². The number of carbonyl (C=O) groups excluding carboxylic acids is 2. The summed E-state index contributed by atoms with van der Waals surface area (Å²) >= 11 is 0. The van der Waals surface area contributed by atoms with Crippen molar-refractivity contribution in [3.63, 3.8) is 0 Å². The van der Waals surface area contributed by atoms with Crippen molar-refractivity contribution in [1.82, 2.24) is 16.0 Å². The van der Waals surface area contributed by atoms with Crippen molar-refractivity contribution in [1.29, 1.82) is 0 Å². The Kier molecular flexibility index (Phi) is 9.21. The van der Waals surface area contributed by atoms with Crippen molar-refractivity contribution in [3.8, 4) is 5.75 Å². The van der Waals surface area contributed by atoms with Crippen molar-refractivity contribution in [3.05, 3.63) is 65.7 Å². The molecule has 0 saturated carbocycles. The van der Waals surface area contributed by atoms with Crippen LogP contribution in [0, 0.1) is 5.92 Å². The van der Waals surface area contributed by atoms with Gasteiger partial charge < -0.3 is 10.1 Å². The summed E-state index contributed by atoms with van der Waals surface area (Å²) in [6.07, 6.45) is 0.821. The van der Waals surface area contributed by atoms with Crippen molar-refractivity contribution in [2.24, 2.45) is 5.92 Å². The third-order valence-corrected chi connectivity index (χ3v) is 4.30. The van der Waals surface area contributed by atoms with Gasteiger partial charge in [0.15, 0.2) is 0 Å². The average molecular weight is 419 g/mol. The molecule has 0 fully saturated rings. The second kappa shape index (κ2) is 11.9. The SMILES string of the molecule is CC(C)CCNC(=O)NC(=O)CN[C@@H](c1ccccc1)c1ccc(OC(F)F)cc1. The Hall–Kier alpha value is -3.00. The van der Waals surface area contributed by atoms with Crippen LogP contribution < -0.4 is 20.7 Å². The molecule has 6 nitrogen and oxygen atoms in total. The molecular formula is C22H27F2N3O3. The van der Waals surface area contributed by atoms with E-state index in [2.05, 4.69) is 20.7 Å². The third-order valence-electron chi connectivity index (χ3n) is 4.30. The highest BCUT2D eigenvalue weighted by molar-refractivity contribution is 5.95. The second-order valence-electron chi connectivity index (χ2n) is 7.16. The van der Waals surface area contributed by atoms with E-state index < -0.39 is 18.5 Å². The molecule has 30 heavy (non-hydrogen) atoms. The lowest BCUT2D eigenvalue weighted by Crippen LogP contribution is -2.44. The number of urea groups is 1. The van der Waals surface area contributed by atoms with E-state index in [1.807, 2.05) is 44.2 Å². The van der Waals surface area contributed by atoms with Crippen LogP contribution in [0.25, 0.3) is 0 Å². The highest BCUT2D eigenvalue weighted by Crippen LogP contribution is 2.24. The van der Waals surface area contributed by atoms with Gasteiger partial charge in [0.05, 0.1) is 12.6 Å². The summed E-state index contributed by atoms with van der Waals surface area (Å²) in [4.78, 5) is 24.0. The van der Waals surface area contributed by atoms with Crippen molar-refractivity contribution in [2.75, 3.05) is 13.1 Å². The van der Waals surface area contributed by atoms with Gasteiger partial charge in [0.2, 0.25) is 5.91 Å². The van der Waals surface area contributed by atoms with E-state index in [0.29, 0.717) is 12.5 Å². The smallest absolute Gasteiger partial charge is 0.387 e. The monoisotopic (exact) mass is 419 g/mol. The molecule has 0 radical (unpaired) electrons. The number of amides is 3. The van der Waals surface area contributed by atoms with Crippen molar-refractivity contribution >= 4 is 11.9 Å². The highest BCUT2D eigenvalue weighted by Gasteiger charge is 2.16. The van der Waals surface area contributed by atoms with E-state index >= 15 is 0 Å². The first-order valence-corrected chi connectivity index (χ1v) is 9.76. The number of hydrogen-bond donors (Lipinski definition) is 3. The van der Waals surface area contributed by atoms with E-state index in [1.165, 1.54) is 12.1 Å². The molecule has 2 aromatic rings. The lowest BCUT2D eigenvalue weighted by molar-refractivity contribution is -0.119. The Balaban J connectivity index is 1.99. The molecule has 3 N–H and O–H groups in total. The highest BCUT2D eigenvalue weighted by atomic mass is 19.3. The molecular weight excluding hydrogens is 392 g/mol. The van der Waals surface area contributed by atoms with Crippen LogP contribution in [0.15, 0.2) is 54.6 Å². The summed E-state index contributed by atoms with van der Waals surface area (Å²) in [6, 6.07) is 14.7. The molecule has 0 aliphatic rings. The molecule has 3 amide bonds. The van der Waals surface area contributed by atoms with Gasteiger partial charge in [-0.25, -0.2) is 4.79 Å². The lowest BCUT2D eigenvalue weighted by Gasteiger charge is -2.20. The van der Waals surface area contributed by atoms with Crippen molar-refractivity contribution in [2.45, 2.75) is 32.9 Å². The number of nitrogens with one attached hydrogen (secondary N) is 3. The van der Waals surface area contributed by atoms with Crippen LogP contribution in [0.2, 0.25) is 0 Å². The van der Waals surface area contributed by atoms with Gasteiger partial charge in [-0.1, -0.05) is 56.3 Å². The number of rotatable bonds is 10. The maximum atomic E-state index is 12.4. The van der Waals surface area contributed by atoms with Gasteiger partial charge in [0.1, 0.15) is 5.75 Å². The average Bonchev–Trinajstić information content (AvgIpc) is 2.69. The van der Waals surface area contributed by atoms with Gasteiger partial charge in [-0.05, 0) is 35.6 Å². The standard InChI is InChI=1S/C22H27F2N3O3/c1-15(2)12-13-25-22(29)27-19(28)14-26-20(16-6-4-3-5-7-16)17-8-10-18(11-9-17)30-21(23)24/h3-11,15,20-21,26H,12-14H2,1-2H3,(H2,25,27,28,29)/t20-/m0/s1. The zero-order valence-electron chi connectivity index (χ0n) is 17.0. The maximum Gasteiger partial charge on any atom is 0.387 e. The Labute approximate surface area is 175 Å². The minimum Gasteiger partial charge on any atom is -0.435 e. The quantitative estimate of drug-likeness (QED) is 0.547. The molecule has 162 valence electrons. The molecule has 0 aliphatic carbocycles. The molecule has 0 saturated heterocycles. The van der Waals surface area contributed by atoms with E-state index in [4.69, 9.17) is 0 Å². The van der Waals surface area contributed by atoms with Gasteiger partial charge >= 0.3 is 12.6 Å². The molecule has 1 atom stereocenters. The predicted octanol–water partition coefficient (Wildman–Crippen LogP) is 3.84. The number of carbonyl (C=O) groups is 2. The number of halogens is 2. The van der Waals surface area contributed by atoms with Gasteiger partial charge in [-0.2, -0.15) is 8.78 Å². The Bertz CT molecular complexity index is 799. The van der Waals surface area contributed by atoms with Crippen LogP contribution in [0.4, 0.5) is 13.6 Å². The molecule has 2 rings (SSSR count). The van der Waals surface area contributed by atoms with Crippen molar-refractivity contribution < 1.29 is 23.1 Å². The van der Waals surface area contributed by atoms with Gasteiger partial charge in [0, 0.05) is 6.54 Å². The fraction of sp³-hybridized carbons (Fsp3) is 0.364. The molecule has 0 unspecified atom stereocenters. The topological polar surface area (TPSA) is 79.5 Å². The summed E-state index contributed by atoms with van der Waals surface area (Å²) in [5, 5.41) is 8.04. The maximum absolute atomic E-state index is 12.4. The first-order chi connectivity index (χ1) is 14.3. The first kappa shape index (κ1) is 23.3. The molecule has 0 bridgehead atoms. The van der Waals surface area contributed by atoms with Crippen LogP contribution in [-0.2, 0) is 4.79 Å². The largest absolute Gasteiger partial charge is 0.435 e. The van der Waals surface area contributed by atoms with Gasteiger partial charge in [-0.3, -0.25) is 15.4 Å². The molecule has 0 aromatic heterocycles. The van der Waals surface area contributed by atoms with E-state index in [-0.39, 0.29) is 18.3 Å². The Morgan fingerprint density at radius 1 is 0.967 bits per heavy atom. The van der Waals surface area contributed by atoms with E-state index in [1.54, 1.807) is 12.1 Å². The summed E-state index contributed by atoms with van der Waals surface area (Å²) in [6.45, 7) is 1.58. The predicted molar refractivity (Wildman–Crippen MR) is 110 cm³/mol. The third kappa shape index (κ3) is 8.16. The van der Waals surface area contributed by atoms with Crippen LogP contribution in [0.1, 0.15) is 37.4 Å². The van der Waals surface area contributed by atoms with E-state index in [0.717, 1.165) is 17.5 Å². The second-order valence-corrected chi connectivity index (χ2v) is 7.16. The summed E-state index contributed by atoms with van der Waals surface area (Å²) in [7, 11) is 0. The summed E-state index contributed by atoms with van der Waals surface area (Å²) in [5.74, 6) is 0.0267. The normalized spacial score (nSPS) is 11.9. The number of ether oxygens (including phenoxy) is 1. The zero-order chi connectivity index (χ0) is 21.9. The van der Waals surface area contributed by atoms with Gasteiger partial charge in [0.25, 0.3) is 0 Å². The first-order valence-electron chi connectivity index (χ1n) is 9.76. The molecule has 0 heterocycles. The number of alkyl halides is 2. The summed E-state index contributed by atoms with van der Waals surface area (Å²) in [5.41, 5.74) is 1.64. The molecule has 0 spiro atoms. The van der Waals surface area contributed by atoms with Gasteiger partial charge in [-0.15, -0.1) is 0 Å². The van der Waals surface area contributed by atoms with Crippen LogP contribution >= 0.6 is 0 Å². The number of imide groups is 1. The fourth-order valence-electron chi connectivity index (χ4n) is 2.80. The summed E-state index contributed by atoms with van der Waals surface area (Å²) < 4.78 is 29.1. The lowest BCUT2D eigenvalue weighted by atomic mass is 9.98. The van der Waals surface area contributed by atoms with E-state index in [9.17, 15) is 18.4 Å². The number of benzene rings is 2. The fourth-order valence-corrected chi connectivity index (χ4v) is 2.80. The van der Waals surface area contributed by atoms with Crippen LogP contribution in [0.3, 0.4) is 0 Å².